The van der Waals surface area contributed by atoms with Crippen molar-refractivity contribution >= 4 is 52.4 Å². The number of nitrogens with zero attached hydrogens (tertiary/aromatic N) is 4. The Morgan fingerprint density at radius 3 is 2.69 bits per heavy atom. The summed E-state index contributed by atoms with van der Waals surface area (Å²) in [7, 11) is 1.29. The Balaban J connectivity index is 1.47. The largest absolute Gasteiger partial charge is 0.465 e. The first-order chi connectivity index (χ1) is 15.5. The van der Waals surface area contributed by atoms with Gasteiger partial charge in [0.15, 0.2) is 0 Å². The number of fused-ring (bicyclic) bond motifs is 1. The minimum atomic E-state index is -0.528. The predicted molar refractivity (Wildman–Crippen MR) is 125 cm³/mol. The number of methoxy groups -OCH3 is 1. The van der Waals surface area contributed by atoms with Crippen LogP contribution in [0.2, 0.25) is 10.0 Å². The van der Waals surface area contributed by atoms with Gasteiger partial charge in [0, 0.05) is 42.1 Å². The van der Waals surface area contributed by atoms with Crippen LogP contribution in [0.5, 0.6) is 0 Å². The van der Waals surface area contributed by atoms with Gasteiger partial charge >= 0.3 is 5.97 Å². The number of benzene rings is 1. The van der Waals surface area contributed by atoms with Crippen molar-refractivity contribution in [3.05, 3.63) is 64.4 Å². The maximum atomic E-state index is 11.6. The SMILES string of the molecule is COC(=O)c1ccc(NCCNc2nc(-c3ccc(Cl)cc3Cl)cc3nccn23)nc1N. The monoisotopic (exact) mass is 471 g/mol. The molecule has 4 aromatic rings. The second-order valence-electron chi connectivity index (χ2n) is 6.72. The molecule has 3 heterocycles. The average molecular weight is 472 g/mol. The van der Waals surface area contributed by atoms with Gasteiger partial charge in [0.2, 0.25) is 5.95 Å². The number of nitrogen functional groups attached to an aromatic ring is 1. The molecule has 0 spiro atoms. The molecule has 4 rings (SSSR count). The molecule has 0 atom stereocenters. The molecule has 0 fully saturated rings. The van der Waals surface area contributed by atoms with Crippen molar-refractivity contribution in [1.29, 1.82) is 0 Å². The zero-order valence-electron chi connectivity index (χ0n) is 17.0. The molecule has 0 aliphatic heterocycles. The summed E-state index contributed by atoms with van der Waals surface area (Å²) in [5, 5.41) is 7.50. The summed E-state index contributed by atoms with van der Waals surface area (Å²) < 4.78 is 6.51. The summed E-state index contributed by atoms with van der Waals surface area (Å²) in [6.07, 6.45) is 3.52. The number of hydrogen-bond acceptors (Lipinski definition) is 8. The summed E-state index contributed by atoms with van der Waals surface area (Å²) in [6.45, 7) is 1.05. The number of anilines is 3. The van der Waals surface area contributed by atoms with E-state index in [4.69, 9.17) is 33.9 Å². The van der Waals surface area contributed by atoms with Crippen LogP contribution < -0.4 is 16.4 Å². The van der Waals surface area contributed by atoms with E-state index in [1.807, 2.05) is 22.7 Å². The molecule has 1 aromatic carbocycles. The van der Waals surface area contributed by atoms with Gasteiger partial charge in [-0.1, -0.05) is 23.2 Å². The lowest BCUT2D eigenvalue weighted by Gasteiger charge is -2.12. The molecular formula is C21H19Cl2N7O2. The third-order valence-electron chi connectivity index (χ3n) is 4.64. The normalized spacial score (nSPS) is 10.8. The molecular weight excluding hydrogens is 453 g/mol. The quantitative estimate of drug-likeness (QED) is 0.273. The van der Waals surface area contributed by atoms with Crippen LogP contribution in [0.1, 0.15) is 10.4 Å². The van der Waals surface area contributed by atoms with Gasteiger partial charge in [0.05, 0.1) is 17.8 Å². The van der Waals surface area contributed by atoms with Crippen molar-refractivity contribution in [2.24, 2.45) is 0 Å². The number of ether oxygens (including phenoxy) is 1. The van der Waals surface area contributed by atoms with Crippen LogP contribution in [0.25, 0.3) is 16.9 Å². The second kappa shape index (κ2) is 9.29. The maximum absolute atomic E-state index is 11.6. The Morgan fingerprint density at radius 2 is 1.94 bits per heavy atom. The number of halogens is 2. The van der Waals surface area contributed by atoms with Crippen LogP contribution in [0.4, 0.5) is 17.6 Å². The first-order valence-electron chi connectivity index (χ1n) is 9.58. The topological polar surface area (TPSA) is 119 Å². The third-order valence-corrected chi connectivity index (χ3v) is 5.19. The minimum Gasteiger partial charge on any atom is -0.465 e. The predicted octanol–water partition coefficient (Wildman–Crippen LogP) is 3.99. The average Bonchev–Trinajstić information content (AvgIpc) is 3.25. The Morgan fingerprint density at radius 1 is 1.12 bits per heavy atom. The fraction of sp³-hybridized carbons (Fsp3) is 0.143. The number of carbonyl (C=O) groups is 1. The Hall–Kier alpha value is -3.56. The molecule has 4 N–H and O–H groups in total. The maximum Gasteiger partial charge on any atom is 0.341 e. The molecule has 164 valence electrons. The van der Waals surface area contributed by atoms with Gasteiger partial charge in [-0.15, -0.1) is 0 Å². The van der Waals surface area contributed by atoms with E-state index in [2.05, 4.69) is 25.3 Å². The highest BCUT2D eigenvalue weighted by molar-refractivity contribution is 6.36. The first kappa shape index (κ1) is 21.7. The summed E-state index contributed by atoms with van der Waals surface area (Å²) in [5.74, 6) is 0.721. The fourth-order valence-corrected chi connectivity index (χ4v) is 3.61. The van der Waals surface area contributed by atoms with Crippen molar-refractivity contribution in [3.63, 3.8) is 0 Å². The van der Waals surface area contributed by atoms with Crippen molar-refractivity contribution in [3.8, 4) is 11.3 Å². The lowest BCUT2D eigenvalue weighted by molar-refractivity contribution is 0.0601. The molecule has 0 saturated carbocycles. The number of rotatable bonds is 7. The van der Waals surface area contributed by atoms with Gasteiger partial charge in [-0.25, -0.2) is 19.7 Å². The van der Waals surface area contributed by atoms with Gasteiger partial charge in [0.1, 0.15) is 22.8 Å². The fourth-order valence-electron chi connectivity index (χ4n) is 3.10. The number of esters is 1. The molecule has 0 saturated heterocycles. The summed E-state index contributed by atoms with van der Waals surface area (Å²) in [4.78, 5) is 24.9. The number of hydrogen-bond donors (Lipinski definition) is 3. The van der Waals surface area contributed by atoms with Crippen LogP contribution in [0.15, 0.2) is 48.8 Å². The van der Waals surface area contributed by atoms with Crippen molar-refractivity contribution in [1.82, 2.24) is 19.4 Å². The molecule has 11 heteroatoms. The molecule has 32 heavy (non-hydrogen) atoms. The Kier molecular flexibility index (Phi) is 6.29. The number of imidazole rings is 1. The van der Waals surface area contributed by atoms with Crippen LogP contribution >= 0.6 is 23.2 Å². The molecule has 0 unspecified atom stereocenters. The number of aromatic nitrogens is 4. The minimum absolute atomic E-state index is 0.101. The number of carbonyl (C=O) groups excluding carboxylic acids is 1. The smallest absolute Gasteiger partial charge is 0.341 e. The molecule has 0 bridgehead atoms. The molecule has 0 aliphatic rings. The number of nitrogens with one attached hydrogen (secondary N) is 2. The van der Waals surface area contributed by atoms with Gasteiger partial charge < -0.3 is 21.1 Å². The molecule has 9 nitrogen and oxygen atoms in total. The first-order valence-corrected chi connectivity index (χ1v) is 10.3. The lowest BCUT2D eigenvalue weighted by Crippen LogP contribution is -2.17. The van der Waals surface area contributed by atoms with Crippen LogP contribution in [0, 0.1) is 0 Å². The van der Waals surface area contributed by atoms with E-state index < -0.39 is 5.97 Å². The Bertz CT molecular complexity index is 1290. The van der Waals surface area contributed by atoms with E-state index in [1.54, 1.807) is 30.5 Å². The molecule has 3 aromatic heterocycles. The van der Waals surface area contributed by atoms with Crippen LogP contribution in [0.3, 0.4) is 0 Å². The second-order valence-corrected chi connectivity index (χ2v) is 7.56. The zero-order chi connectivity index (χ0) is 22.7. The highest BCUT2D eigenvalue weighted by Gasteiger charge is 2.13. The van der Waals surface area contributed by atoms with Crippen molar-refractivity contribution < 1.29 is 9.53 Å². The summed E-state index contributed by atoms with van der Waals surface area (Å²) in [6, 6.07) is 10.4. The third kappa shape index (κ3) is 4.53. The van der Waals surface area contributed by atoms with Crippen molar-refractivity contribution in [2.75, 3.05) is 36.6 Å². The van der Waals surface area contributed by atoms with E-state index in [0.29, 0.717) is 40.6 Å². The standard InChI is InChI=1S/C21H19Cl2N7O2/c1-32-20(31)14-4-5-17(29-19(14)24)25-6-7-27-21-28-16(11-18-26-8-9-30(18)21)13-3-2-12(22)10-15(13)23/h2-5,8-11H,6-7H2,1H3,(H,27,28)(H3,24,25,29). The molecule has 0 amide bonds. The van der Waals surface area contributed by atoms with Crippen LogP contribution in [-0.2, 0) is 4.74 Å². The number of pyridine rings is 1. The van der Waals surface area contributed by atoms with Gasteiger partial charge in [-0.3, -0.25) is 4.40 Å². The van der Waals surface area contributed by atoms with E-state index >= 15 is 0 Å². The highest BCUT2D eigenvalue weighted by Crippen LogP contribution is 2.30. The highest BCUT2D eigenvalue weighted by atomic mass is 35.5. The molecule has 0 radical (unpaired) electrons. The van der Waals surface area contributed by atoms with Crippen molar-refractivity contribution in [2.45, 2.75) is 0 Å². The summed E-state index contributed by atoms with van der Waals surface area (Å²) in [5.41, 5.74) is 8.21. The van der Waals surface area contributed by atoms with Gasteiger partial charge in [-0.2, -0.15) is 0 Å². The summed E-state index contributed by atoms with van der Waals surface area (Å²) >= 11 is 12.4. The zero-order valence-corrected chi connectivity index (χ0v) is 18.5. The van der Waals surface area contributed by atoms with Gasteiger partial charge in [-0.05, 0) is 30.3 Å². The lowest BCUT2D eigenvalue weighted by atomic mass is 10.1. The van der Waals surface area contributed by atoms with E-state index in [1.165, 1.54) is 7.11 Å². The number of nitrogens with two attached hydrogens (primary N) is 1. The van der Waals surface area contributed by atoms with Crippen LogP contribution in [-0.4, -0.2) is 45.5 Å². The van der Waals surface area contributed by atoms with E-state index in [-0.39, 0.29) is 11.4 Å². The van der Waals surface area contributed by atoms with E-state index in [0.717, 1.165) is 11.2 Å². The molecule has 0 aliphatic carbocycles. The Labute approximate surface area is 193 Å². The van der Waals surface area contributed by atoms with E-state index in [9.17, 15) is 4.79 Å². The van der Waals surface area contributed by atoms with Gasteiger partial charge in [0.25, 0.3) is 0 Å².